The van der Waals surface area contributed by atoms with Gasteiger partial charge in [-0.15, -0.1) is 0 Å². The molecule has 8 heteroatoms. The normalized spacial score (nSPS) is 9.96. The zero-order valence-electron chi connectivity index (χ0n) is 12.7. The predicted octanol–water partition coefficient (Wildman–Crippen LogP) is 3.18. The van der Waals surface area contributed by atoms with Crippen LogP contribution < -0.4 is 20.9 Å². The predicted molar refractivity (Wildman–Crippen MR) is 95.6 cm³/mol. The minimum Gasteiger partial charge on any atom is -0.484 e. The number of halogens is 2. The number of rotatable bonds is 4. The van der Waals surface area contributed by atoms with Gasteiger partial charge in [-0.1, -0.05) is 17.7 Å². The van der Waals surface area contributed by atoms with Crippen molar-refractivity contribution in [1.82, 2.24) is 10.9 Å². The summed E-state index contributed by atoms with van der Waals surface area (Å²) in [7, 11) is 0. The first-order valence-electron chi connectivity index (χ1n) is 6.94. The SMILES string of the molecule is Cc1ccc(NC(=S)NNC(=O)COc2ccc(F)cc2)cc1Cl. The van der Waals surface area contributed by atoms with Gasteiger partial charge in [-0.3, -0.25) is 15.6 Å². The maximum absolute atomic E-state index is 12.7. The van der Waals surface area contributed by atoms with Crippen LogP contribution in [0, 0.1) is 12.7 Å². The van der Waals surface area contributed by atoms with Crippen LogP contribution in [0.2, 0.25) is 5.02 Å². The number of thiocarbonyl (C=S) groups is 1. The molecule has 3 N–H and O–H groups in total. The lowest BCUT2D eigenvalue weighted by molar-refractivity contribution is -0.123. The largest absolute Gasteiger partial charge is 0.484 e. The molecule has 0 bridgehead atoms. The van der Waals surface area contributed by atoms with Crippen molar-refractivity contribution < 1.29 is 13.9 Å². The second-order valence-corrected chi connectivity index (χ2v) is 5.65. The van der Waals surface area contributed by atoms with Crippen LogP contribution in [-0.4, -0.2) is 17.6 Å². The fourth-order valence-corrected chi connectivity index (χ4v) is 2.02. The number of hydrogen-bond acceptors (Lipinski definition) is 3. The van der Waals surface area contributed by atoms with Crippen LogP contribution in [0.25, 0.3) is 0 Å². The van der Waals surface area contributed by atoms with Gasteiger partial charge in [0.05, 0.1) is 0 Å². The summed E-state index contributed by atoms with van der Waals surface area (Å²) in [5.41, 5.74) is 6.58. The molecule has 2 aromatic carbocycles. The third-order valence-electron chi connectivity index (χ3n) is 2.93. The molecule has 2 aromatic rings. The number of hydrazine groups is 1. The molecular formula is C16H15ClFN3O2S. The topological polar surface area (TPSA) is 62.4 Å². The van der Waals surface area contributed by atoms with E-state index in [4.69, 9.17) is 28.6 Å². The molecule has 0 aliphatic carbocycles. The van der Waals surface area contributed by atoms with Crippen molar-refractivity contribution >= 4 is 40.5 Å². The highest BCUT2D eigenvalue weighted by atomic mass is 35.5. The van der Waals surface area contributed by atoms with Crippen LogP contribution in [0.5, 0.6) is 5.75 Å². The van der Waals surface area contributed by atoms with E-state index in [2.05, 4.69) is 16.2 Å². The van der Waals surface area contributed by atoms with Crippen LogP contribution in [0.3, 0.4) is 0 Å². The van der Waals surface area contributed by atoms with Gasteiger partial charge in [0.2, 0.25) is 0 Å². The summed E-state index contributed by atoms with van der Waals surface area (Å²) >= 11 is 11.1. The van der Waals surface area contributed by atoms with Gasteiger partial charge >= 0.3 is 0 Å². The first kappa shape index (κ1) is 18.0. The monoisotopic (exact) mass is 367 g/mol. The Balaban J connectivity index is 1.73. The minimum absolute atomic E-state index is 0.199. The van der Waals surface area contributed by atoms with Crippen molar-refractivity contribution in [3.63, 3.8) is 0 Å². The third-order valence-corrected chi connectivity index (χ3v) is 3.54. The Bertz CT molecular complexity index is 741. The molecule has 0 saturated heterocycles. The fraction of sp³-hybridized carbons (Fsp3) is 0.125. The number of amides is 1. The lowest BCUT2D eigenvalue weighted by atomic mass is 10.2. The molecule has 0 fully saturated rings. The molecule has 2 rings (SSSR count). The standard InChI is InChI=1S/C16H15ClFN3O2S/c1-10-2-5-12(8-14(10)17)19-16(24)21-20-15(22)9-23-13-6-3-11(18)4-7-13/h2-8H,9H2,1H3,(H,20,22)(H2,19,21,24). The van der Waals surface area contributed by atoms with Gasteiger partial charge < -0.3 is 10.1 Å². The van der Waals surface area contributed by atoms with E-state index >= 15 is 0 Å². The summed E-state index contributed by atoms with van der Waals surface area (Å²) in [5, 5.41) is 3.69. The van der Waals surface area contributed by atoms with E-state index in [1.54, 1.807) is 6.07 Å². The summed E-state index contributed by atoms with van der Waals surface area (Å²) in [6.45, 7) is 1.65. The molecular weight excluding hydrogens is 353 g/mol. The fourth-order valence-electron chi connectivity index (χ4n) is 1.68. The molecule has 0 saturated carbocycles. The van der Waals surface area contributed by atoms with Crippen molar-refractivity contribution in [2.75, 3.05) is 11.9 Å². The van der Waals surface area contributed by atoms with Gasteiger partial charge in [0.1, 0.15) is 11.6 Å². The molecule has 5 nitrogen and oxygen atoms in total. The Morgan fingerprint density at radius 3 is 2.58 bits per heavy atom. The van der Waals surface area contributed by atoms with Gasteiger partial charge in [0.15, 0.2) is 11.7 Å². The zero-order chi connectivity index (χ0) is 17.5. The summed E-state index contributed by atoms with van der Waals surface area (Å²) < 4.78 is 17.9. The summed E-state index contributed by atoms with van der Waals surface area (Å²) in [4.78, 5) is 11.7. The van der Waals surface area contributed by atoms with Crippen LogP contribution in [0.4, 0.5) is 10.1 Å². The van der Waals surface area contributed by atoms with E-state index in [1.165, 1.54) is 24.3 Å². The number of anilines is 1. The van der Waals surface area contributed by atoms with E-state index in [-0.39, 0.29) is 17.5 Å². The average Bonchev–Trinajstić information content (AvgIpc) is 2.56. The molecule has 1 amide bonds. The molecule has 0 atom stereocenters. The molecule has 24 heavy (non-hydrogen) atoms. The lowest BCUT2D eigenvalue weighted by Crippen LogP contribution is -2.45. The number of carbonyl (C=O) groups excluding carboxylic acids is 1. The van der Waals surface area contributed by atoms with E-state index < -0.39 is 5.91 Å². The van der Waals surface area contributed by atoms with E-state index in [0.29, 0.717) is 16.5 Å². The molecule has 0 aliphatic heterocycles. The summed E-state index contributed by atoms with van der Waals surface area (Å²) in [5.74, 6) is -0.423. The summed E-state index contributed by atoms with van der Waals surface area (Å²) in [6.07, 6.45) is 0. The highest BCUT2D eigenvalue weighted by molar-refractivity contribution is 7.80. The average molecular weight is 368 g/mol. The van der Waals surface area contributed by atoms with Crippen molar-refractivity contribution in [3.8, 4) is 5.75 Å². The van der Waals surface area contributed by atoms with Gasteiger partial charge in [-0.05, 0) is 61.1 Å². The lowest BCUT2D eigenvalue weighted by Gasteiger charge is -2.12. The number of ether oxygens (including phenoxy) is 1. The Hall–Kier alpha value is -2.38. The molecule has 0 spiro atoms. The first-order chi connectivity index (χ1) is 11.4. The number of nitrogens with one attached hydrogen (secondary N) is 3. The smallest absolute Gasteiger partial charge is 0.276 e. The minimum atomic E-state index is -0.439. The van der Waals surface area contributed by atoms with Crippen molar-refractivity contribution in [1.29, 1.82) is 0 Å². The maximum Gasteiger partial charge on any atom is 0.276 e. The molecule has 0 heterocycles. The number of benzene rings is 2. The van der Waals surface area contributed by atoms with E-state index in [9.17, 15) is 9.18 Å². The van der Waals surface area contributed by atoms with Gasteiger partial charge in [-0.2, -0.15) is 0 Å². The molecule has 0 radical (unpaired) electrons. The second kappa shape index (κ2) is 8.47. The van der Waals surface area contributed by atoms with Gasteiger partial charge in [-0.25, -0.2) is 4.39 Å². The van der Waals surface area contributed by atoms with Crippen molar-refractivity contribution in [3.05, 3.63) is 58.9 Å². The summed E-state index contributed by atoms with van der Waals surface area (Å²) in [6, 6.07) is 10.8. The third kappa shape index (κ3) is 5.68. The van der Waals surface area contributed by atoms with E-state index in [1.807, 2.05) is 19.1 Å². The Labute approximate surface area is 149 Å². The molecule has 126 valence electrons. The van der Waals surface area contributed by atoms with Gasteiger partial charge in [0, 0.05) is 10.7 Å². The van der Waals surface area contributed by atoms with Crippen molar-refractivity contribution in [2.45, 2.75) is 6.92 Å². The quantitative estimate of drug-likeness (QED) is 0.572. The number of carbonyl (C=O) groups is 1. The Kier molecular flexibility index (Phi) is 6.34. The number of hydrogen-bond donors (Lipinski definition) is 3. The first-order valence-corrected chi connectivity index (χ1v) is 7.73. The highest BCUT2D eigenvalue weighted by Crippen LogP contribution is 2.19. The zero-order valence-corrected chi connectivity index (χ0v) is 14.3. The van der Waals surface area contributed by atoms with Crippen LogP contribution >= 0.6 is 23.8 Å². The second-order valence-electron chi connectivity index (χ2n) is 4.83. The van der Waals surface area contributed by atoms with Crippen LogP contribution in [0.1, 0.15) is 5.56 Å². The maximum atomic E-state index is 12.7. The highest BCUT2D eigenvalue weighted by Gasteiger charge is 2.05. The molecule has 0 aromatic heterocycles. The van der Waals surface area contributed by atoms with Crippen molar-refractivity contribution in [2.24, 2.45) is 0 Å². The van der Waals surface area contributed by atoms with Gasteiger partial charge in [0.25, 0.3) is 5.91 Å². The Morgan fingerprint density at radius 1 is 1.21 bits per heavy atom. The molecule has 0 unspecified atom stereocenters. The number of aryl methyl sites for hydroxylation is 1. The van der Waals surface area contributed by atoms with Crippen LogP contribution in [0.15, 0.2) is 42.5 Å². The Morgan fingerprint density at radius 2 is 1.92 bits per heavy atom. The van der Waals surface area contributed by atoms with E-state index in [0.717, 1.165) is 5.56 Å². The molecule has 0 aliphatic rings. The van der Waals surface area contributed by atoms with Crippen LogP contribution in [-0.2, 0) is 4.79 Å².